The fourth-order valence-corrected chi connectivity index (χ4v) is 2.99. The van der Waals surface area contributed by atoms with Crippen LogP contribution in [0, 0.1) is 5.92 Å². The van der Waals surface area contributed by atoms with Crippen molar-refractivity contribution in [3.05, 3.63) is 30.6 Å². The first-order valence-electron chi connectivity index (χ1n) is 8.58. The molecule has 0 bridgehead atoms. The van der Waals surface area contributed by atoms with E-state index in [0.717, 1.165) is 32.6 Å². The lowest BCUT2D eigenvalue weighted by Gasteiger charge is -2.21. The molecule has 8 heteroatoms. The fraction of sp³-hybridized carbons (Fsp3) is 0.444. The molecule has 2 aromatic rings. The molecule has 0 spiro atoms. The molecule has 1 fully saturated rings. The predicted octanol–water partition coefficient (Wildman–Crippen LogP) is 2.97. The Labute approximate surface area is 152 Å². The van der Waals surface area contributed by atoms with Crippen molar-refractivity contribution in [2.24, 2.45) is 5.92 Å². The van der Waals surface area contributed by atoms with Crippen molar-refractivity contribution in [3.8, 4) is 11.5 Å². The van der Waals surface area contributed by atoms with Crippen LogP contribution in [0.25, 0.3) is 0 Å². The van der Waals surface area contributed by atoms with Gasteiger partial charge in [0.2, 0.25) is 0 Å². The molecular weight excluding hydrogens is 336 g/mol. The van der Waals surface area contributed by atoms with Crippen molar-refractivity contribution in [3.63, 3.8) is 0 Å². The smallest absolute Gasteiger partial charge is 0.323 e. The van der Waals surface area contributed by atoms with Gasteiger partial charge in [0.15, 0.2) is 11.5 Å². The molecule has 8 nitrogen and oxygen atoms in total. The van der Waals surface area contributed by atoms with Gasteiger partial charge in [0.05, 0.1) is 31.8 Å². The van der Waals surface area contributed by atoms with Gasteiger partial charge >= 0.3 is 6.03 Å². The molecule has 0 unspecified atom stereocenters. The Balaban J connectivity index is 1.58. The standard InChI is InChI=1S/C18H24N4O4/c1-24-16-5-3-4-15(17(16)25-2)21-18(23)20-14-10-19-22(12-14)11-13-6-8-26-9-7-13/h3-5,10,12-13H,6-9,11H2,1-2H3,(H2,20,21,23). The first-order valence-corrected chi connectivity index (χ1v) is 8.58. The van der Waals surface area contributed by atoms with Gasteiger partial charge in [0.25, 0.3) is 0 Å². The number of carbonyl (C=O) groups is 1. The molecule has 1 aliphatic rings. The highest BCUT2D eigenvalue weighted by molar-refractivity contribution is 6.00. The lowest BCUT2D eigenvalue weighted by Crippen LogP contribution is -2.21. The van der Waals surface area contributed by atoms with Crippen LogP contribution in [0.3, 0.4) is 0 Å². The van der Waals surface area contributed by atoms with Crippen LogP contribution in [-0.4, -0.2) is 43.2 Å². The maximum Gasteiger partial charge on any atom is 0.323 e. The normalized spacial score (nSPS) is 14.7. The number of hydrogen-bond acceptors (Lipinski definition) is 5. The minimum atomic E-state index is -0.373. The number of benzene rings is 1. The maximum atomic E-state index is 12.3. The first kappa shape index (κ1) is 18.1. The summed E-state index contributed by atoms with van der Waals surface area (Å²) in [5, 5.41) is 9.87. The Morgan fingerprint density at radius 3 is 2.81 bits per heavy atom. The number of aromatic nitrogens is 2. The minimum absolute atomic E-state index is 0.373. The molecule has 3 rings (SSSR count). The zero-order valence-corrected chi connectivity index (χ0v) is 15.0. The van der Waals surface area contributed by atoms with E-state index >= 15 is 0 Å². The number of hydrogen-bond donors (Lipinski definition) is 2. The molecule has 2 N–H and O–H groups in total. The van der Waals surface area contributed by atoms with E-state index in [-0.39, 0.29) is 6.03 Å². The summed E-state index contributed by atoms with van der Waals surface area (Å²) in [7, 11) is 3.08. The number of nitrogens with one attached hydrogen (secondary N) is 2. The number of nitrogens with zero attached hydrogens (tertiary/aromatic N) is 2. The van der Waals surface area contributed by atoms with Crippen LogP contribution in [0.2, 0.25) is 0 Å². The molecule has 1 aromatic heterocycles. The van der Waals surface area contributed by atoms with E-state index in [9.17, 15) is 4.79 Å². The number of ether oxygens (including phenoxy) is 3. The minimum Gasteiger partial charge on any atom is -0.493 e. The lowest BCUT2D eigenvalue weighted by molar-refractivity contribution is 0.0601. The van der Waals surface area contributed by atoms with Crippen LogP contribution in [0.1, 0.15) is 12.8 Å². The molecule has 0 radical (unpaired) electrons. The summed E-state index contributed by atoms with van der Waals surface area (Å²) in [6.45, 7) is 2.44. The van der Waals surface area contributed by atoms with Crippen molar-refractivity contribution >= 4 is 17.4 Å². The molecule has 0 saturated carbocycles. The van der Waals surface area contributed by atoms with Gasteiger partial charge in [-0.3, -0.25) is 4.68 Å². The Hall–Kier alpha value is -2.74. The average Bonchev–Trinajstić information content (AvgIpc) is 3.08. The van der Waals surface area contributed by atoms with Crippen molar-refractivity contribution < 1.29 is 19.0 Å². The van der Waals surface area contributed by atoms with Gasteiger partial charge in [-0.15, -0.1) is 0 Å². The van der Waals surface area contributed by atoms with E-state index in [1.807, 2.05) is 10.9 Å². The number of urea groups is 1. The molecule has 0 atom stereocenters. The molecular formula is C18H24N4O4. The van der Waals surface area contributed by atoms with Crippen LogP contribution >= 0.6 is 0 Å². The Kier molecular flexibility index (Phi) is 5.96. The fourth-order valence-electron chi connectivity index (χ4n) is 2.99. The first-order chi connectivity index (χ1) is 12.7. The molecule has 26 heavy (non-hydrogen) atoms. The van der Waals surface area contributed by atoms with E-state index in [2.05, 4.69) is 15.7 Å². The number of carbonyl (C=O) groups excluding carboxylic acids is 1. The third-order valence-electron chi connectivity index (χ3n) is 4.33. The third-order valence-corrected chi connectivity index (χ3v) is 4.33. The van der Waals surface area contributed by atoms with Crippen LogP contribution in [0.15, 0.2) is 30.6 Å². The molecule has 1 aromatic carbocycles. The number of anilines is 2. The molecule has 2 amide bonds. The zero-order valence-electron chi connectivity index (χ0n) is 15.0. The van der Waals surface area contributed by atoms with E-state index in [1.165, 1.54) is 7.11 Å². The lowest BCUT2D eigenvalue weighted by atomic mass is 10.0. The molecule has 1 aliphatic heterocycles. The second-order valence-electron chi connectivity index (χ2n) is 6.13. The van der Waals surface area contributed by atoms with Crippen LogP contribution in [0.4, 0.5) is 16.2 Å². The number of methoxy groups -OCH3 is 2. The van der Waals surface area contributed by atoms with E-state index in [1.54, 1.807) is 31.5 Å². The molecule has 0 aliphatic carbocycles. The van der Waals surface area contributed by atoms with Crippen molar-refractivity contribution in [1.29, 1.82) is 0 Å². The maximum absolute atomic E-state index is 12.3. The molecule has 140 valence electrons. The second-order valence-corrected chi connectivity index (χ2v) is 6.13. The average molecular weight is 360 g/mol. The number of rotatable bonds is 6. The summed E-state index contributed by atoms with van der Waals surface area (Å²) >= 11 is 0. The summed E-state index contributed by atoms with van der Waals surface area (Å²) < 4.78 is 17.8. The highest BCUT2D eigenvalue weighted by Crippen LogP contribution is 2.34. The largest absolute Gasteiger partial charge is 0.493 e. The quantitative estimate of drug-likeness (QED) is 0.827. The van der Waals surface area contributed by atoms with Gasteiger partial charge in [0, 0.05) is 26.0 Å². The van der Waals surface area contributed by atoms with Crippen LogP contribution in [-0.2, 0) is 11.3 Å². The van der Waals surface area contributed by atoms with Gasteiger partial charge in [-0.1, -0.05) is 6.07 Å². The van der Waals surface area contributed by atoms with Gasteiger partial charge in [-0.05, 0) is 30.9 Å². The highest BCUT2D eigenvalue weighted by Gasteiger charge is 2.16. The van der Waals surface area contributed by atoms with Gasteiger partial charge < -0.3 is 24.8 Å². The van der Waals surface area contributed by atoms with Gasteiger partial charge in [-0.2, -0.15) is 5.10 Å². The molecule has 2 heterocycles. The Bertz CT molecular complexity index is 741. The second kappa shape index (κ2) is 8.57. The number of amides is 2. The monoisotopic (exact) mass is 360 g/mol. The predicted molar refractivity (Wildman–Crippen MR) is 98.0 cm³/mol. The summed E-state index contributed by atoms with van der Waals surface area (Å²) in [6.07, 6.45) is 5.55. The zero-order chi connectivity index (χ0) is 18.4. The SMILES string of the molecule is COc1cccc(NC(=O)Nc2cnn(CC3CCOCC3)c2)c1OC. The topological polar surface area (TPSA) is 86.6 Å². The van der Waals surface area contributed by atoms with Crippen LogP contribution < -0.4 is 20.1 Å². The Morgan fingerprint density at radius 2 is 2.08 bits per heavy atom. The summed E-state index contributed by atoms with van der Waals surface area (Å²) in [4.78, 5) is 12.3. The van der Waals surface area contributed by atoms with E-state index in [4.69, 9.17) is 14.2 Å². The van der Waals surface area contributed by atoms with Gasteiger partial charge in [-0.25, -0.2) is 4.79 Å². The van der Waals surface area contributed by atoms with Crippen molar-refractivity contribution in [2.75, 3.05) is 38.1 Å². The van der Waals surface area contributed by atoms with E-state index < -0.39 is 0 Å². The molecule has 1 saturated heterocycles. The highest BCUT2D eigenvalue weighted by atomic mass is 16.5. The van der Waals surface area contributed by atoms with Gasteiger partial charge in [0.1, 0.15) is 0 Å². The summed E-state index contributed by atoms with van der Waals surface area (Å²) in [5.74, 6) is 1.58. The number of para-hydroxylation sites is 1. The van der Waals surface area contributed by atoms with Crippen molar-refractivity contribution in [1.82, 2.24) is 9.78 Å². The van der Waals surface area contributed by atoms with Crippen molar-refractivity contribution in [2.45, 2.75) is 19.4 Å². The van der Waals surface area contributed by atoms with Crippen LogP contribution in [0.5, 0.6) is 11.5 Å². The Morgan fingerprint density at radius 1 is 1.27 bits per heavy atom. The summed E-state index contributed by atoms with van der Waals surface area (Å²) in [5.41, 5.74) is 1.16. The summed E-state index contributed by atoms with van der Waals surface area (Å²) in [6, 6.07) is 4.92. The third kappa shape index (κ3) is 4.45. The van der Waals surface area contributed by atoms with E-state index in [0.29, 0.717) is 28.8 Å².